The van der Waals surface area contributed by atoms with Crippen LogP contribution in [0.1, 0.15) is 26.7 Å². The zero-order valence-corrected chi connectivity index (χ0v) is 11.9. The number of carboxylic acid groups (broad SMARTS) is 1. The predicted octanol–water partition coefficient (Wildman–Crippen LogP) is 1.42. The summed E-state index contributed by atoms with van der Waals surface area (Å²) in [5.41, 5.74) is 0. The Hall–Kier alpha value is -0.750. The van der Waals surface area contributed by atoms with Crippen molar-refractivity contribution in [1.29, 1.82) is 0 Å². The first-order chi connectivity index (χ1) is 8.49. The summed E-state index contributed by atoms with van der Waals surface area (Å²) in [7, 11) is 1.59. The second kappa shape index (κ2) is 6.99. The largest absolute Gasteiger partial charge is 0.480 e. The van der Waals surface area contributed by atoms with Gasteiger partial charge in [0.15, 0.2) is 0 Å². The first kappa shape index (κ1) is 15.3. The van der Waals surface area contributed by atoms with Crippen LogP contribution in [0, 0.1) is 5.92 Å². The minimum Gasteiger partial charge on any atom is -0.480 e. The molecule has 6 heteroatoms. The highest BCUT2D eigenvalue weighted by Gasteiger charge is 2.42. The Kier molecular flexibility index (Phi) is 5.95. The van der Waals surface area contributed by atoms with Crippen LogP contribution in [0.3, 0.4) is 0 Å². The van der Waals surface area contributed by atoms with Gasteiger partial charge in [-0.1, -0.05) is 13.8 Å². The Morgan fingerprint density at radius 2 is 2.17 bits per heavy atom. The van der Waals surface area contributed by atoms with Crippen LogP contribution in [-0.4, -0.2) is 52.8 Å². The Morgan fingerprint density at radius 1 is 1.50 bits per heavy atom. The van der Waals surface area contributed by atoms with Gasteiger partial charge in [-0.05, 0) is 12.3 Å². The van der Waals surface area contributed by atoms with Gasteiger partial charge in [0.25, 0.3) is 0 Å². The Bertz CT molecular complexity index is 308. The standard InChI is InChI=1S/C12H21NO4S/c1-8(2)11-13(9(7-18-11)12(15)16)10(14)5-4-6-17-3/h8-9,11H,4-7H2,1-3H3,(H,15,16). The minimum absolute atomic E-state index is 0.0267. The molecule has 2 unspecified atom stereocenters. The van der Waals surface area contributed by atoms with E-state index in [1.54, 1.807) is 23.8 Å². The molecule has 1 aliphatic rings. The van der Waals surface area contributed by atoms with Gasteiger partial charge in [-0.2, -0.15) is 0 Å². The molecule has 0 aromatic carbocycles. The van der Waals surface area contributed by atoms with E-state index in [9.17, 15) is 14.7 Å². The van der Waals surface area contributed by atoms with Crippen LogP contribution in [0.15, 0.2) is 0 Å². The molecule has 0 radical (unpaired) electrons. The van der Waals surface area contributed by atoms with Crippen molar-refractivity contribution in [2.24, 2.45) is 5.92 Å². The van der Waals surface area contributed by atoms with Gasteiger partial charge in [-0.3, -0.25) is 4.79 Å². The van der Waals surface area contributed by atoms with E-state index in [-0.39, 0.29) is 17.2 Å². The lowest BCUT2D eigenvalue weighted by molar-refractivity contribution is -0.149. The van der Waals surface area contributed by atoms with Gasteiger partial charge in [0, 0.05) is 25.9 Å². The van der Waals surface area contributed by atoms with Crippen molar-refractivity contribution >= 4 is 23.6 Å². The highest BCUT2D eigenvalue weighted by Crippen LogP contribution is 2.34. The topological polar surface area (TPSA) is 66.8 Å². The fraction of sp³-hybridized carbons (Fsp3) is 0.833. The lowest BCUT2D eigenvalue weighted by Gasteiger charge is -2.29. The number of carbonyl (C=O) groups is 2. The van der Waals surface area contributed by atoms with Gasteiger partial charge in [0.1, 0.15) is 6.04 Å². The number of carbonyl (C=O) groups excluding carboxylic acids is 1. The third-order valence-electron chi connectivity index (χ3n) is 2.92. The van der Waals surface area contributed by atoms with Crippen LogP contribution in [0.25, 0.3) is 0 Å². The molecule has 2 atom stereocenters. The van der Waals surface area contributed by atoms with E-state index < -0.39 is 12.0 Å². The fourth-order valence-corrected chi connectivity index (χ4v) is 3.54. The number of hydrogen-bond acceptors (Lipinski definition) is 4. The van der Waals surface area contributed by atoms with E-state index in [0.717, 1.165) is 0 Å². The van der Waals surface area contributed by atoms with E-state index in [1.165, 1.54) is 0 Å². The van der Waals surface area contributed by atoms with Crippen LogP contribution in [0.2, 0.25) is 0 Å². The second-order valence-electron chi connectivity index (χ2n) is 4.72. The number of amides is 1. The molecule has 1 heterocycles. The SMILES string of the molecule is COCCCC(=O)N1C(C(=O)O)CSC1C(C)C. The zero-order valence-electron chi connectivity index (χ0n) is 11.1. The fourth-order valence-electron chi connectivity index (χ4n) is 2.04. The number of nitrogens with zero attached hydrogens (tertiary/aromatic N) is 1. The average Bonchev–Trinajstić information content (AvgIpc) is 2.73. The van der Waals surface area contributed by atoms with Crippen LogP contribution in [0.4, 0.5) is 0 Å². The van der Waals surface area contributed by atoms with Gasteiger partial charge in [0.05, 0.1) is 5.37 Å². The first-order valence-electron chi connectivity index (χ1n) is 6.13. The van der Waals surface area contributed by atoms with Crippen molar-refractivity contribution in [1.82, 2.24) is 4.90 Å². The maximum Gasteiger partial charge on any atom is 0.327 e. The summed E-state index contributed by atoms with van der Waals surface area (Å²) >= 11 is 1.56. The van der Waals surface area contributed by atoms with E-state index in [0.29, 0.717) is 25.2 Å². The summed E-state index contributed by atoms with van der Waals surface area (Å²) in [6, 6.07) is -0.683. The molecular formula is C12H21NO4S. The Balaban J connectivity index is 2.70. The van der Waals surface area contributed by atoms with E-state index >= 15 is 0 Å². The third-order valence-corrected chi connectivity index (χ3v) is 4.54. The molecule has 5 nitrogen and oxygen atoms in total. The minimum atomic E-state index is -0.911. The Labute approximate surface area is 112 Å². The van der Waals surface area contributed by atoms with Gasteiger partial charge in [0.2, 0.25) is 5.91 Å². The van der Waals surface area contributed by atoms with Crippen molar-refractivity contribution in [2.45, 2.75) is 38.1 Å². The number of thioether (sulfide) groups is 1. The van der Waals surface area contributed by atoms with Crippen molar-refractivity contribution in [3.8, 4) is 0 Å². The second-order valence-corrected chi connectivity index (χ2v) is 5.87. The number of aliphatic carboxylic acids is 1. The molecule has 0 bridgehead atoms. The van der Waals surface area contributed by atoms with Crippen molar-refractivity contribution in [3.05, 3.63) is 0 Å². The zero-order chi connectivity index (χ0) is 13.7. The highest BCUT2D eigenvalue weighted by molar-refractivity contribution is 8.00. The van der Waals surface area contributed by atoms with Crippen molar-refractivity contribution < 1.29 is 19.4 Å². The highest BCUT2D eigenvalue weighted by atomic mass is 32.2. The van der Waals surface area contributed by atoms with Gasteiger partial charge < -0.3 is 14.7 Å². The molecule has 1 fully saturated rings. The normalized spacial score (nSPS) is 23.7. The number of rotatable bonds is 6. The summed E-state index contributed by atoms with van der Waals surface area (Å²) in [6.45, 7) is 4.55. The van der Waals surface area contributed by atoms with E-state index in [4.69, 9.17) is 4.74 Å². The molecule has 0 saturated carbocycles. The maximum absolute atomic E-state index is 12.1. The smallest absolute Gasteiger partial charge is 0.327 e. The first-order valence-corrected chi connectivity index (χ1v) is 7.18. The summed E-state index contributed by atoms with van der Waals surface area (Å²) in [5, 5.41) is 9.15. The molecule has 1 aliphatic heterocycles. The average molecular weight is 275 g/mol. The third kappa shape index (κ3) is 3.62. The molecule has 1 saturated heterocycles. The number of ether oxygens (including phenoxy) is 1. The molecule has 1 amide bonds. The summed E-state index contributed by atoms with van der Waals surface area (Å²) in [4.78, 5) is 24.9. The molecule has 18 heavy (non-hydrogen) atoms. The monoisotopic (exact) mass is 275 g/mol. The van der Waals surface area contributed by atoms with Crippen molar-refractivity contribution in [3.63, 3.8) is 0 Å². The van der Waals surface area contributed by atoms with Crippen LogP contribution in [-0.2, 0) is 14.3 Å². The lowest BCUT2D eigenvalue weighted by Crippen LogP contribution is -2.47. The van der Waals surface area contributed by atoms with Crippen LogP contribution < -0.4 is 0 Å². The molecule has 1 rings (SSSR count). The quantitative estimate of drug-likeness (QED) is 0.743. The number of methoxy groups -OCH3 is 1. The van der Waals surface area contributed by atoms with Crippen LogP contribution in [0.5, 0.6) is 0 Å². The van der Waals surface area contributed by atoms with Gasteiger partial charge >= 0.3 is 5.97 Å². The molecule has 0 spiro atoms. The molecule has 0 aromatic rings. The van der Waals surface area contributed by atoms with Crippen molar-refractivity contribution in [2.75, 3.05) is 19.5 Å². The molecule has 0 aromatic heterocycles. The predicted molar refractivity (Wildman–Crippen MR) is 70.5 cm³/mol. The van der Waals surface area contributed by atoms with E-state index in [1.807, 2.05) is 13.8 Å². The summed E-state index contributed by atoms with van der Waals surface area (Å²) in [5.74, 6) is -0.256. The van der Waals surface area contributed by atoms with Gasteiger partial charge in [-0.25, -0.2) is 4.79 Å². The molecule has 0 aliphatic carbocycles. The molecule has 1 N–H and O–H groups in total. The van der Waals surface area contributed by atoms with E-state index in [2.05, 4.69) is 0 Å². The molecule has 104 valence electrons. The Morgan fingerprint density at radius 3 is 2.67 bits per heavy atom. The number of carboxylic acids is 1. The summed E-state index contributed by atoms with van der Waals surface area (Å²) in [6.07, 6.45) is 0.981. The summed E-state index contributed by atoms with van der Waals surface area (Å²) < 4.78 is 4.91. The van der Waals surface area contributed by atoms with Gasteiger partial charge in [-0.15, -0.1) is 11.8 Å². The molecular weight excluding hydrogens is 254 g/mol. The maximum atomic E-state index is 12.1. The van der Waals surface area contributed by atoms with Crippen LogP contribution >= 0.6 is 11.8 Å². The lowest BCUT2D eigenvalue weighted by atomic mass is 10.1. The number of hydrogen-bond donors (Lipinski definition) is 1.